The minimum absolute atomic E-state index is 0.0255. The quantitative estimate of drug-likeness (QED) is 0.0793. The Kier molecular flexibility index (Phi) is 9.63. The van der Waals surface area contributed by atoms with Crippen LogP contribution in [0, 0.1) is 10.1 Å². The zero-order valence-electron chi connectivity index (χ0n) is 25.8. The highest BCUT2D eigenvalue weighted by atomic mass is 32.2. The van der Waals surface area contributed by atoms with Gasteiger partial charge in [0, 0.05) is 47.0 Å². The van der Waals surface area contributed by atoms with E-state index in [1.54, 1.807) is 54.7 Å². The van der Waals surface area contributed by atoms with E-state index in [9.17, 15) is 38.3 Å². The lowest BCUT2D eigenvalue weighted by Crippen LogP contribution is -2.42. The van der Waals surface area contributed by atoms with Gasteiger partial charge in [0.05, 0.1) is 21.5 Å². The Morgan fingerprint density at radius 1 is 1.10 bits per heavy atom. The van der Waals surface area contributed by atoms with Crippen LogP contribution in [-0.4, -0.2) is 57.1 Å². The monoisotopic (exact) mass is 692 g/mol. The predicted octanol–water partition coefficient (Wildman–Crippen LogP) is 4.76. The van der Waals surface area contributed by atoms with Crippen LogP contribution in [0.1, 0.15) is 52.1 Å². The number of hydrogen-bond donors (Lipinski definition) is 5. The van der Waals surface area contributed by atoms with E-state index in [0.717, 1.165) is 0 Å². The zero-order chi connectivity index (χ0) is 34.8. The smallest absolute Gasteiger partial charge is 0.352 e. The molecule has 14 nitrogen and oxygen atoms in total. The number of nitrogens with two attached hydrogens (primary N) is 1. The first-order valence-corrected chi connectivity index (χ1v) is 16.9. The summed E-state index contributed by atoms with van der Waals surface area (Å²) in [7, 11) is -3.81. The Bertz CT molecular complexity index is 2130. The molecule has 16 heteroatoms. The molecule has 5 aromatic rings. The maximum atomic E-state index is 12.7. The summed E-state index contributed by atoms with van der Waals surface area (Å²) in [5.74, 6) is -2.09. The van der Waals surface area contributed by atoms with E-state index < -0.39 is 43.5 Å². The number of anilines is 1. The molecule has 0 aliphatic rings. The van der Waals surface area contributed by atoms with Crippen molar-refractivity contribution in [2.45, 2.75) is 43.4 Å². The van der Waals surface area contributed by atoms with Crippen molar-refractivity contribution in [1.82, 2.24) is 14.9 Å². The molecule has 2 aromatic heterocycles. The van der Waals surface area contributed by atoms with Gasteiger partial charge in [-0.15, -0.1) is 0 Å². The van der Waals surface area contributed by atoms with Crippen molar-refractivity contribution in [3.8, 4) is 11.3 Å². The van der Waals surface area contributed by atoms with Crippen molar-refractivity contribution in [3.63, 3.8) is 0 Å². The molecule has 0 spiro atoms. The summed E-state index contributed by atoms with van der Waals surface area (Å²) in [5, 5.41) is 35.5. The number of β-amino-alcohol motifs (C(OH)–C–C–N with tert-alkyl or cyclic N) is 1. The number of nitrogens with one attached hydrogen (secondary N) is 2. The van der Waals surface area contributed by atoms with Crippen molar-refractivity contribution in [2.75, 3.05) is 11.3 Å². The van der Waals surface area contributed by atoms with Gasteiger partial charge in [0.2, 0.25) is 0 Å². The first-order chi connectivity index (χ1) is 22.6. The fraction of sp³-hybridized carbons (Fsp3) is 0.219. The van der Waals surface area contributed by atoms with Crippen molar-refractivity contribution < 1.29 is 33.1 Å². The van der Waals surface area contributed by atoms with Gasteiger partial charge in [-0.25, -0.2) is 18.2 Å². The van der Waals surface area contributed by atoms with Crippen LogP contribution >= 0.6 is 11.3 Å². The predicted molar refractivity (Wildman–Crippen MR) is 181 cm³/mol. The van der Waals surface area contributed by atoms with E-state index in [1.165, 1.54) is 24.3 Å². The standard InChI is InChI=1S/C32H32N6O8S2/c1-32(2,34-17-26(39)19-7-6-8-21(15-19)36-48(45,46)22-9-4-3-5-10-22)13-14-37-18-24(23-16-20(31(41)42)11-12-25(23)37)27-30(38(43)44)47-29(35-27)28(33)40/h3-12,15-16,18,26,34,36,39H,13-14,17H2,1-2H3,(H2,33,40)(H,41,42)/t26-/m1/s1. The number of carboxylic acids is 1. The van der Waals surface area contributed by atoms with Crippen LogP contribution in [0.4, 0.5) is 10.7 Å². The van der Waals surface area contributed by atoms with Gasteiger partial charge >= 0.3 is 11.0 Å². The number of hydrogen-bond acceptors (Lipinski definition) is 10. The molecule has 250 valence electrons. The third-order valence-electron chi connectivity index (χ3n) is 7.70. The summed E-state index contributed by atoms with van der Waals surface area (Å²) in [4.78, 5) is 39.0. The molecular weight excluding hydrogens is 661 g/mol. The number of benzene rings is 3. The maximum absolute atomic E-state index is 12.7. The molecule has 48 heavy (non-hydrogen) atoms. The number of aromatic nitrogens is 2. The number of aryl methyl sites for hydroxylation is 1. The zero-order valence-corrected chi connectivity index (χ0v) is 27.4. The molecule has 6 N–H and O–H groups in total. The Labute approximate surface area is 279 Å². The molecule has 0 unspecified atom stereocenters. The number of thiazole rings is 1. The summed E-state index contributed by atoms with van der Waals surface area (Å²) >= 11 is 0.548. The lowest BCUT2D eigenvalue weighted by Gasteiger charge is -2.28. The third kappa shape index (κ3) is 7.52. The number of carbonyl (C=O) groups is 2. The Hall–Kier alpha value is -5.16. The van der Waals surface area contributed by atoms with E-state index >= 15 is 0 Å². The largest absolute Gasteiger partial charge is 0.478 e. The number of aromatic carboxylic acids is 1. The molecule has 0 saturated carbocycles. The number of carboxylic acid groups (broad SMARTS) is 1. The molecule has 0 aliphatic carbocycles. The highest BCUT2D eigenvalue weighted by Gasteiger charge is 2.28. The van der Waals surface area contributed by atoms with Crippen LogP contribution in [0.2, 0.25) is 0 Å². The molecule has 1 amide bonds. The van der Waals surface area contributed by atoms with Gasteiger partial charge in [-0.05, 0) is 79.6 Å². The van der Waals surface area contributed by atoms with Crippen molar-refractivity contribution in [1.29, 1.82) is 0 Å². The second kappa shape index (κ2) is 13.5. The Morgan fingerprint density at radius 2 is 1.83 bits per heavy atom. The van der Waals surface area contributed by atoms with E-state index in [-0.39, 0.29) is 33.3 Å². The van der Waals surface area contributed by atoms with E-state index in [0.29, 0.717) is 46.5 Å². The first kappa shape index (κ1) is 34.2. The second-order valence-corrected chi connectivity index (χ2v) is 14.3. The minimum Gasteiger partial charge on any atom is -0.478 e. The van der Waals surface area contributed by atoms with Crippen LogP contribution in [-0.2, 0) is 16.6 Å². The van der Waals surface area contributed by atoms with Crippen molar-refractivity contribution in [3.05, 3.63) is 105 Å². The number of carbonyl (C=O) groups excluding carboxylic acids is 1. The van der Waals surface area contributed by atoms with Crippen LogP contribution in [0.3, 0.4) is 0 Å². The number of aliphatic hydroxyl groups is 1. The number of rotatable bonds is 14. The van der Waals surface area contributed by atoms with Crippen LogP contribution in [0.5, 0.6) is 0 Å². The first-order valence-electron chi connectivity index (χ1n) is 14.6. The molecule has 0 saturated heterocycles. The number of nitro groups is 1. The molecule has 0 aliphatic heterocycles. The van der Waals surface area contributed by atoms with Gasteiger partial charge < -0.3 is 25.8 Å². The number of amides is 1. The molecule has 0 fully saturated rings. The van der Waals surface area contributed by atoms with Crippen molar-refractivity contribution in [2.24, 2.45) is 5.73 Å². The SMILES string of the molecule is CC(C)(CCn1cc(-c2nc(C(N)=O)sc2[N+](=O)[O-])c2cc(C(=O)O)ccc21)NC[C@@H](O)c1cccc(NS(=O)(=O)c2ccccc2)c1. The molecule has 1 atom stereocenters. The van der Waals surface area contributed by atoms with Gasteiger partial charge in [0.25, 0.3) is 15.9 Å². The summed E-state index contributed by atoms with van der Waals surface area (Å²) in [5.41, 5.74) is 6.38. The molecule has 3 aromatic carbocycles. The molecular formula is C32H32N6O8S2. The second-order valence-electron chi connectivity index (χ2n) is 11.6. The van der Waals surface area contributed by atoms with Gasteiger partial charge in [-0.2, -0.15) is 0 Å². The average molecular weight is 693 g/mol. The molecule has 5 rings (SSSR count). The average Bonchev–Trinajstić information content (AvgIpc) is 3.65. The number of fused-ring (bicyclic) bond motifs is 1. The maximum Gasteiger partial charge on any atom is 0.352 e. The number of primary amides is 1. The van der Waals surface area contributed by atoms with Gasteiger partial charge in [0.1, 0.15) is 0 Å². The number of aliphatic hydroxyl groups excluding tert-OH is 1. The van der Waals surface area contributed by atoms with Gasteiger partial charge in [-0.3, -0.25) is 19.6 Å². The van der Waals surface area contributed by atoms with E-state index in [2.05, 4.69) is 15.0 Å². The lowest BCUT2D eigenvalue weighted by molar-refractivity contribution is -0.379. The van der Waals surface area contributed by atoms with Crippen LogP contribution < -0.4 is 15.8 Å². The Balaban J connectivity index is 1.33. The number of nitrogens with zero attached hydrogens (tertiary/aromatic N) is 3. The highest BCUT2D eigenvalue weighted by molar-refractivity contribution is 7.92. The van der Waals surface area contributed by atoms with E-state index in [1.807, 2.05) is 18.4 Å². The summed E-state index contributed by atoms with van der Waals surface area (Å²) in [6, 6.07) is 18.9. The third-order valence-corrected chi connectivity index (χ3v) is 10.1. The fourth-order valence-electron chi connectivity index (χ4n) is 5.12. The lowest BCUT2D eigenvalue weighted by atomic mass is 9.99. The van der Waals surface area contributed by atoms with E-state index in [4.69, 9.17) is 5.73 Å². The van der Waals surface area contributed by atoms with Crippen LogP contribution in [0.15, 0.2) is 83.9 Å². The van der Waals surface area contributed by atoms with Gasteiger partial charge in [-0.1, -0.05) is 30.3 Å². The normalized spacial score (nSPS) is 12.6. The molecule has 0 bridgehead atoms. The molecule has 2 heterocycles. The number of sulfonamides is 1. The van der Waals surface area contributed by atoms with Crippen LogP contribution in [0.25, 0.3) is 22.2 Å². The van der Waals surface area contributed by atoms with Crippen molar-refractivity contribution >= 4 is 54.8 Å². The fourth-order valence-corrected chi connectivity index (χ4v) is 6.94. The highest BCUT2D eigenvalue weighted by Crippen LogP contribution is 2.40. The minimum atomic E-state index is -3.81. The van der Waals surface area contributed by atoms with Gasteiger partial charge in [0.15, 0.2) is 10.7 Å². The Morgan fingerprint density at radius 3 is 2.50 bits per heavy atom. The summed E-state index contributed by atoms with van der Waals surface area (Å²) in [6.45, 7) is 4.40. The topological polar surface area (TPSA) is 220 Å². The summed E-state index contributed by atoms with van der Waals surface area (Å²) in [6.07, 6.45) is 1.17. The molecule has 0 radical (unpaired) electrons. The summed E-state index contributed by atoms with van der Waals surface area (Å²) < 4.78 is 29.9.